The van der Waals surface area contributed by atoms with E-state index in [1.807, 2.05) is 18.2 Å². The topological polar surface area (TPSA) is 33.1 Å². The van der Waals surface area contributed by atoms with E-state index in [2.05, 4.69) is 13.8 Å². The third-order valence-corrected chi connectivity index (χ3v) is 2.08. The lowest BCUT2D eigenvalue weighted by molar-refractivity contribution is 0.413. The lowest BCUT2D eigenvalue weighted by Crippen LogP contribution is -1.94. The van der Waals surface area contributed by atoms with Crippen LogP contribution < -0.4 is 4.74 Å². The predicted octanol–water partition coefficient (Wildman–Crippen LogP) is 2.82. The third-order valence-electron chi connectivity index (χ3n) is 2.08. The van der Waals surface area contributed by atoms with Crippen molar-refractivity contribution in [2.45, 2.75) is 19.8 Å². The first kappa shape index (κ1) is 9.78. The molecule has 13 heavy (non-hydrogen) atoms. The molecule has 1 aromatic carbocycles. The Labute approximate surface area is 79.1 Å². The summed E-state index contributed by atoms with van der Waals surface area (Å²) in [5.41, 5.74) is 2.06. The molecule has 1 aromatic rings. The van der Waals surface area contributed by atoms with E-state index in [1.54, 1.807) is 7.11 Å². The van der Waals surface area contributed by atoms with Crippen molar-refractivity contribution in [1.82, 2.24) is 0 Å². The van der Waals surface area contributed by atoms with Crippen molar-refractivity contribution >= 4 is 6.21 Å². The van der Waals surface area contributed by atoms with E-state index in [9.17, 15) is 0 Å². The molecule has 2 nitrogen and oxygen atoms in total. The molecular formula is C11H15NO. The van der Waals surface area contributed by atoms with Gasteiger partial charge >= 0.3 is 0 Å². The van der Waals surface area contributed by atoms with E-state index in [0.29, 0.717) is 5.92 Å². The summed E-state index contributed by atoms with van der Waals surface area (Å²) in [5.74, 6) is 1.27. The Bertz CT molecular complexity index is 305. The molecule has 0 unspecified atom stereocenters. The number of hydrogen-bond acceptors (Lipinski definition) is 2. The molecule has 0 aromatic heterocycles. The number of methoxy groups -OCH3 is 1. The van der Waals surface area contributed by atoms with Crippen LogP contribution in [0.3, 0.4) is 0 Å². The standard InChI is InChI=1S/C11H15NO/c1-8(2)9-4-5-10(7-12)11(6-9)13-3/h4-8,12H,1-3H3. The number of nitrogens with one attached hydrogen (secondary N) is 1. The van der Waals surface area contributed by atoms with Crippen LogP contribution in [0.5, 0.6) is 5.75 Å². The van der Waals surface area contributed by atoms with E-state index in [-0.39, 0.29) is 0 Å². The molecule has 0 spiro atoms. The summed E-state index contributed by atoms with van der Waals surface area (Å²) >= 11 is 0. The second-order valence-electron chi connectivity index (χ2n) is 3.30. The summed E-state index contributed by atoms with van der Waals surface area (Å²) in [6.45, 7) is 4.28. The van der Waals surface area contributed by atoms with Gasteiger partial charge in [-0.05, 0) is 23.6 Å². The molecule has 0 bridgehead atoms. The molecule has 0 aliphatic rings. The Morgan fingerprint density at radius 1 is 1.38 bits per heavy atom. The largest absolute Gasteiger partial charge is 0.496 e. The van der Waals surface area contributed by atoms with Crippen molar-refractivity contribution < 1.29 is 4.74 Å². The first-order valence-electron chi connectivity index (χ1n) is 4.37. The highest BCUT2D eigenvalue weighted by Gasteiger charge is 2.04. The first-order valence-corrected chi connectivity index (χ1v) is 4.37. The van der Waals surface area contributed by atoms with Crippen molar-refractivity contribution in [2.75, 3.05) is 7.11 Å². The molecule has 0 amide bonds. The fourth-order valence-corrected chi connectivity index (χ4v) is 1.21. The van der Waals surface area contributed by atoms with Gasteiger partial charge in [-0.1, -0.05) is 19.9 Å². The van der Waals surface area contributed by atoms with Crippen molar-refractivity contribution in [3.05, 3.63) is 29.3 Å². The van der Waals surface area contributed by atoms with Gasteiger partial charge in [-0.3, -0.25) is 0 Å². The zero-order valence-electron chi connectivity index (χ0n) is 8.29. The van der Waals surface area contributed by atoms with E-state index in [4.69, 9.17) is 10.1 Å². The lowest BCUT2D eigenvalue weighted by Gasteiger charge is -2.09. The minimum atomic E-state index is 0.494. The fraction of sp³-hybridized carbons (Fsp3) is 0.364. The van der Waals surface area contributed by atoms with Gasteiger partial charge in [0.05, 0.1) is 7.11 Å². The Hall–Kier alpha value is -1.31. The van der Waals surface area contributed by atoms with Gasteiger partial charge in [0.15, 0.2) is 0 Å². The Morgan fingerprint density at radius 2 is 2.08 bits per heavy atom. The molecule has 0 atom stereocenters. The number of rotatable bonds is 3. The van der Waals surface area contributed by atoms with Gasteiger partial charge in [-0.2, -0.15) is 0 Å². The van der Waals surface area contributed by atoms with Crippen molar-refractivity contribution in [3.8, 4) is 5.75 Å². The summed E-state index contributed by atoms with van der Waals surface area (Å²) in [6, 6.07) is 5.94. The number of hydrogen-bond donors (Lipinski definition) is 1. The fourth-order valence-electron chi connectivity index (χ4n) is 1.21. The number of benzene rings is 1. The maximum Gasteiger partial charge on any atom is 0.127 e. The Morgan fingerprint density at radius 3 is 2.54 bits per heavy atom. The third kappa shape index (κ3) is 2.08. The van der Waals surface area contributed by atoms with E-state index in [0.717, 1.165) is 11.3 Å². The van der Waals surface area contributed by atoms with Crippen LogP contribution >= 0.6 is 0 Å². The van der Waals surface area contributed by atoms with Crippen molar-refractivity contribution in [2.24, 2.45) is 0 Å². The monoisotopic (exact) mass is 177 g/mol. The second-order valence-corrected chi connectivity index (χ2v) is 3.30. The Kier molecular flexibility index (Phi) is 3.07. The van der Waals surface area contributed by atoms with Gasteiger partial charge in [0.2, 0.25) is 0 Å². The maximum absolute atomic E-state index is 7.16. The van der Waals surface area contributed by atoms with Crippen LogP contribution in [0.1, 0.15) is 30.9 Å². The van der Waals surface area contributed by atoms with Gasteiger partial charge in [-0.25, -0.2) is 0 Å². The SMILES string of the molecule is COc1cc(C(C)C)ccc1C=N. The van der Waals surface area contributed by atoms with Crippen LogP contribution in [0, 0.1) is 5.41 Å². The summed E-state index contributed by atoms with van der Waals surface area (Å²) in [4.78, 5) is 0. The lowest BCUT2D eigenvalue weighted by atomic mass is 10.0. The zero-order valence-corrected chi connectivity index (χ0v) is 8.29. The molecule has 0 saturated heterocycles. The van der Waals surface area contributed by atoms with Gasteiger partial charge < -0.3 is 10.1 Å². The van der Waals surface area contributed by atoms with Crippen LogP contribution in [0.2, 0.25) is 0 Å². The van der Waals surface area contributed by atoms with Gasteiger partial charge in [0, 0.05) is 11.8 Å². The summed E-state index contributed by atoms with van der Waals surface area (Å²) in [6.07, 6.45) is 1.31. The zero-order chi connectivity index (χ0) is 9.84. The van der Waals surface area contributed by atoms with Crippen LogP contribution in [0.15, 0.2) is 18.2 Å². The maximum atomic E-state index is 7.16. The highest BCUT2D eigenvalue weighted by molar-refractivity contribution is 5.81. The first-order chi connectivity index (χ1) is 6.19. The average molecular weight is 177 g/mol. The second kappa shape index (κ2) is 4.08. The van der Waals surface area contributed by atoms with Crippen LogP contribution in [-0.2, 0) is 0 Å². The smallest absolute Gasteiger partial charge is 0.127 e. The van der Waals surface area contributed by atoms with E-state index < -0.39 is 0 Å². The highest BCUT2D eigenvalue weighted by Crippen LogP contribution is 2.23. The highest BCUT2D eigenvalue weighted by atomic mass is 16.5. The summed E-state index contributed by atoms with van der Waals surface area (Å²) < 4.78 is 5.18. The number of ether oxygens (including phenoxy) is 1. The molecule has 0 fully saturated rings. The van der Waals surface area contributed by atoms with Crippen molar-refractivity contribution in [1.29, 1.82) is 5.41 Å². The quantitative estimate of drug-likeness (QED) is 0.707. The van der Waals surface area contributed by atoms with Crippen LogP contribution in [0.4, 0.5) is 0 Å². The van der Waals surface area contributed by atoms with Gasteiger partial charge in [0.25, 0.3) is 0 Å². The van der Waals surface area contributed by atoms with Crippen LogP contribution in [-0.4, -0.2) is 13.3 Å². The minimum Gasteiger partial charge on any atom is -0.496 e. The molecule has 1 rings (SSSR count). The molecule has 0 saturated carbocycles. The molecule has 2 heteroatoms. The molecule has 70 valence electrons. The van der Waals surface area contributed by atoms with Gasteiger partial charge in [-0.15, -0.1) is 0 Å². The average Bonchev–Trinajstić information content (AvgIpc) is 2.16. The van der Waals surface area contributed by atoms with E-state index in [1.165, 1.54) is 11.8 Å². The molecule has 0 aliphatic heterocycles. The normalized spacial score (nSPS) is 10.2. The molecule has 0 radical (unpaired) electrons. The van der Waals surface area contributed by atoms with E-state index >= 15 is 0 Å². The molecular weight excluding hydrogens is 162 g/mol. The van der Waals surface area contributed by atoms with Crippen LogP contribution in [0.25, 0.3) is 0 Å². The molecule has 1 N–H and O–H groups in total. The summed E-state index contributed by atoms with van der Waals surface area (Å²) in [7, 11) is 1.63. The van der Waals surface area contributed by atoms with Crippen molar-refractivity contribution in [3.63, 3.8) is 0 Å². The Balaban J connectivity index is 3.12. The minimum absolute atomic E-state index is 0.494. The summed E-state index contributed by atoms with van der Waals surface area (Å²) in [5, 5.41) is 7.16. The predicted molar refractivity (Wildman–Crippen MR) is 55.0 cm³/mol. The molecule has 0 heterocycles. The molecule has 0 aliphatic carbocycles. The van der Waals surface area contributed by atoms with Gasteiger partial charge in [0.1, 0.15) is 5.75 Å².